The van der Waals surface area contributed by atoms with E-state index in [9.17, 15) is 4.79 Å². The molecule has 1 atom stereocenters. The molecule has 1 N–H and O–H groups in total. The quantitative estimate of drug-likeness (QED) is 0.549. The molecule has 136 valence electrons. The Morgan fingerprint density at radius 1 is 1.31 bits per heavy atom. The Kier molecular flexibility index (Phi) is 5.79. The summed E-state index contributed by atoms with van der Waals surface area (Å²) in [5.74, 6) is 1.13. The number of para-hydroxylation sites is 1. The number of benzene rings is 2. The maximum Gasteiger partial charge on any atom is 0.253 e. The molecule has 1 aromatic heterocycles. The van der Waals surface area contributed by atoms with Crippen molar-refractivity contribution in [3.8, 4) is 5.75 Å². The average Bonchev–Trinajstić information content (AvgIpc) is 3.08. The second kappa shape index (κ2) is 8.06. The summed E-state index contributed by atoms with van der Waals surface area (Å²) >= 11 is 7.75. The minimum atomic E-state index is -0.307. The number of amides is 1. The number of carbonyl (C=O) groups excluding carboxylic acids is 1. The first kappa shape index (κ1) is 18.7. The number of carbonyl (C=O) groups is 1. The van der Waals surface area contributed by atoms with E-state index >= 15 is 0 Å². The molecule has 3 aromatic rings. The zero-order valence-electron chi connectivity index (χ0n) is 14.8. The number of fused-ring (bicyclic) bond motifs is 1. The summed E-state index contributed by atoms with van der Waals surface area (Å²) in [5, 5.41) is 4.32. The molecular formula is C20H20ClNO3S. The van der Waals surface area contributed by atoms with Crippen LogP contribution in [0.25, 0.3) is 11.0 Å². The van der Waals surface area contributed by atoms with Crippen LogP contribution in [0.3, 0.4) is 0 Å². The van der Waals surface area contributed by atoms with Gasteiger partial charge in [-0.05, 0) is 50.4 Å². The number of thioether (sulfide) groups is 1. The lowest BCUT2D eigenvalue weighted by atomic mass is 10.1. The van der Waals surface area contributed by atoms with Crippen LogP contribution in [0.1, 0.15) is 36.0 Å². The van der Waals surface area contributed by atoms with Crippen molar-refractivity contribution in [3.63, 3.8) is 0 Å². The highest BCUT2D eigenvalue weighted by atomic mass is 35.5. The molecule has 1 unspecified atom stereocenters. The Morgan fingerprint density at radius 3 is 2.85 bits per heavy atom. The maximum absolute atomic E-state index is 12.6. The van der Waals surface area contributed by atoms with Crippen LogP contribution in [0.5, 0.6) is 5.75 Å². The Balaban J connectivity index is 1.84. The van der Waals surface area contributed by atoms with Crippen molar-refractivity contribution in [2.75, 3.05) is 12.9 Å². The van der Waals surface area contributed by atoms with E-state index in [1.807, 2.05) is 50.4 Å². The topological polar surface area (TPSA) is 51.5 Å². The van der Waals surface area contributed by atoms with E-state index in [0.29, 0.717) is 34.3 Å². The summed E-state index contributed by atoms with van der Waals surface area (Å²) in [6, 6.07) is 12.8. The Bertz CT molecular complexity index is 938. The number of nitrogens with one attached hydrogen (secondary N) is 1. The third-order valence-electron chi connectivity index (χ3n) is 4.02. The Morgan fingerprint density at radius 2 is 2.12 bits per heavy atom. The van der Waals surface area contributed by atoms with Gasteiger partial charge in [-0.2, -0.15) is 0 Å². The number of hydrogen-bond acceptors (Lipinski definition) is 4. The van der Waals surface area contributed by atoms with Gasteiger partial charge in [0, 0.05) is 10.3 Å². The van der Waals surface area contributed by atoms with Gasteiger partial charge in [0.2, 0.25) is 0 Å². The lowest BCUT2D eigenvalue weighted by molar-refractivity contribution is 0.0935. The highest BCUT2D eigenvalue weighted by Gasteiger charge is 2.18. The van der Waals surface area contributed by atoms with Crippen LogP contribution in [0, 0.1) is 0 Å². The van der Waals surface area contributed by atoms with Crippen molar-refractivity contribution < 1.29 is 13.9 Å². The minimum absolute atomic E-state index is 0.233. The van der Waals surface area contributed by atoms with Gasteiger partial charge >= 0.3 is 0 Å². The Hall–Kier alpha value is -2.11. The van der Waals surface area contributed by atoms with Crippen LogP contribution in [0.15, 0.2) is 51.8 Å². The molecule has 0 bridgehead atoms. The molecule has 4 nitrogen and oxygen atoms in total. The summed E-state index contributed by atoms with van der Waals surface area (Å²) in [7, 11) is 0. The molecule has 0 spiro atoms. The molecule has 3 rings (SSSR count). The molecule has 0 aliphatic heterocycles. The fourth-order valence-electron chi connectivity index (χ4n) is 2.69. The molecule has 0 aliphatic carbocycles. The summed E-state index contributed by atoms with van der Waals surface area (Å²) in [4.78, 5) is 13.6. The molecule has 0 saturated heterocycles. The number of ether oxygens (including phenoxy) is 1. The molecule has 0 aliphatic rings. The van der Waals surface area contributed by atoms with Gasteiger partial charge in [0.25, 0.3) is 5.91 Å². The van der Waals surface area contributed by atoms with Crippen LogP contribution < -0.4 is 10.1 Å². The lowest BCUT2D eigenvalue weighted by Gasteiger charge is -2.13. The van der Waals surface area contributed by atoms with Crippen molar-refractivity contribution in [2.45, 2.75) is 24.8 Å². The molecule has 6 heteroatoms. The second-order valence-corrected chi connectivity index (χ2v) is 7.08. The van der Waals surface area contributed by atoms with Gasteiger partial charge in [0.1, 0.15) is 5.76 Å². The van der Waals surface area contributed by atoms with E-state index < -0.39 is 0 Å². The van der Waals surface area contributed by atoms with Crippen molar-refractivity contribution in [2.24, 2.45) is 0 Å². The van der Waals surface area contributed by atoms with Gasteiger partial charge in [0.15, 0.2) is 11.3 Å². The summed E-state index contributed by atoms with van der Waals surface area (Å²) in [5.41, 5.74) is 1.14. The minimum Gasteiger partial charge on any atom is -0.490 e. The zero-order valence-corrected chi connectivity index (χ0v) is 16.4. The smallest absolute Gasteiger partial charge is 0.253 e. The van der Waals surface area contributed by atoms with Crippen molar-refractivity contribution in [1.29, 1.82) is 0 Å². The number of hydrogen-bond donors (Lipinski definition) is 1. The predicted molar refractivity (Wildman–Crippen MR) is 106 cm³/mol. The molecular weight excluding hydrogens is 370 g/mol. The van der Waals surface area contributed by atoms with E-state index in [1.165, 1.54) is 0 Å². The number of furan rings is 1. The molecule has 1 heterocycles. The van der Waals surface area contributed by atoms with Crippen LogP contribution in [-0.2, 0) is 0 Å². The zero-order chi connectivity index (χ0) is 18.7. The van der Waals surface area contributed by atoms with Crippen LogP contribution in [0.4, 0.5) is 0 Å². The first-order valence-corrected chi connectivity index (χ1v) is 9.93. The van der Waals surface area contributed by atoms with Crippen molar-refractivity contribution >= 4 is 40.2 Å². The van der Waals surface area contributed by atoms with Gasteiger partial charge in [0.05, 0.1) is 23.2 Å². The lowest BCUT2D eigenvalue weighted by Crippen LogP contribution is -2.26. The molecule has 0 saturated carbocycles. The third-order valence-corrected chi connectivity index (χ3v) is 5.07. The van der Waals surface area contributed by atoms with Crippen LogP contribution in [0.2, 0.25) is 5.02 Å². The number of halogens is 1. The standard InChI is InChI=1S/C20H20ClNO3S/c1-4-24-17-7-5-6-13-10-18(25-19(13)17)12(2)22-20(23)15-11-14(26-3)8-9-16(15)21/h5-12H,4H2,1-3H3,(H,22,23). The van der Waals surface area contributed by atoms with Gasteiger partial charge in [-0.1, -0.05) is 23.7 Å². The SMILES string of the molecule is CCOc1cccc2cc(C(C)NC(=O)c3cc(SC)ccc3Cl)oc12. The fourth-order valence-corrected chi connectivity index (χ4v) is 3.33. The third kappa shape index (κ3) is 3.84. The van der Waals surface area contributed by atoms with E-state index in [0.717, 1.165) is 10.3 Å². The van der Waals surface area contributed by atoms with E-state index in [2.05, 4.69) is 5.32 Å². The highest BCUT2D eigenvalue weighted by molar-refractivity contribution is 7.98. The maximum atomic E-state index is 12.6. The van der Waals surface area contributed by atoms with Gasteiger partial charge in [-0.25, -0.2) is 0 Å². The fraction of sp³-hybridized carbons (Fsp3) is 0.250. The Labute approximate surface area is 161 Å². The van der Waals surface area contributed by atoms with Gasteiger partial charge in [-0.3, -0.25) is 4.79 Å². The van der Waals surface area contributed by atoms with E-state index in [-0.39, 0.29) is 11.9 Å². The molecule has 0 radical (unpaired) electrons. The van der Waals surface area contributed by atoms with E-state index in [4.69, 9.17) is 20.8 Å². The predicted octanol–water partition coefficient (Wildman–Crippen LogP) is 5.70. The summed E-state index contributed by atoms with van der Waals surface area (Å²) in [6.45, 7) is 4.37. The molecule has 1 amide bonds. The molecule has 0 fully saturated rings. The van der Waals surface area contributed by atoms with Crippen molar-refractivity contribution in [3.05, 3.63) is 58.8 Å². The van der Waals surface area contributed by atoms with Crippen LogP contribution in [-0.4, -0.2) is 18.8 Å². The largest absolute Gasteiger partial charge is 0.490 e. The normalized spacial score (nSPS) is 12.2. The first-order chi connectivity index (χ1) is 12.5. The molecule has 26 heavy (non-hydrogen) atoms. The van der Waals surface area contributed by atoms with Crippen molar-refractivity contribution in [1.82, 2.24) is 5.32 Å². The second-order valence-electron chi connectivity index (χ2n) is 5.80. The van der Waals surface area contributed by atoms with Crippen LogP contribution >= 0.6 is 23.4 Å². The van der Waals surface area contributed by atoms with E-state index in [1.54, 1.807) is 23.9 Å². The summed E-state index contributed by atoms with van der Waals surface area (Å²) in [6.07, 6.45) is 1.96. The summed E-state index contributed by atoms with van der Waals surface area (Å²) < 4.78 is 11.6. The highest BCUT2D eigenvalue weighted by Crippen LogP contribution is 2.31. The van der Waals surface area contributed by atoms with Gasteiger partial charge < -0.3 is 14.5 Å². The molecule has 2 aromatic carbocycles. The monoisotopic (exact) mass is 389 g/mol. The average molecular weight is 390 g/mol. The number of rotatable bonds is 6. The first-order valence-electron chi connectivity index (χ1n) is 8.33. The van der Waals surface area contributed by atoms with Gasteiger partial charge in [-0.15, -0.1) is 11.8 Å².